The lowest BCUT2D eigenvalue weighted by molar-refractivity contribution is -0.136. The maximum atomic E-state index is 12.7. The van der Waals surface area contributed by atoms with Crippen LogP contribution in [0, 0.1) is 5.92 Å². The van der Waals surface area contributed by atoms with Crippen LogP contribution in [0.15, 0.2) is 24.3 Å². The number of likely N-dealkylation sites (tertiary alicyclic amines) is 1. The number of nitrogens with one attached hydrogen (secondary N) is 1. The van der Waals surface area contributed by atoms with Crippen LogP contribution < -0.4 is 10.2 Å². The van der Waals surface area contributed by atoms with Gasteiger partial charge >= 0.3 is 0 Å². The van der Waals surface area contributed by atoms with Crippen molar-refractivity contribution in [3.05, 3.63) is 29.3 Å². The fourth-order valence-electron chi connectivity index (χ4n) is 3.42. The molecule has 1 aromatic carbocycles. The highest BCUT2D eigenvalue weighted by Crippen LogP contribution is 2.31. The summed E-state index contributed by atoms with van der Waals surface area (Å²) in [6.45, 7) is 1.95. The number of benzene rings is 1. The number of hydrogen-bond acceptors (Lipinski definition) is 3. The van der Waals surface area contributed by atoms with E-state index in [1.807, 2.05) is 30.1 Å². The van der Waals surface area contributed by atoms with E-state index in [1.165, 1.54) is 0 Å². The van der Waals surface area contributed by atoms with E-state index in [2.05, 4.69) is 5.32 Å². The number of amides is 2. The zero-order chi connectivity index (χ0) is 16.4. The van der Waals surface area contributed by atoms with E-state index >= 15 is 0 Å². The molecule has 3 rings (SSSR count). The molecule has 2 aliphatic rings. The van der Waals surface area contributed by atoms with Crippen molar-refractivity contribution in [3.8, 4) is 0 Å². The molecule has 132 valence electrons. The summed E-state index contributed by atoms with van der Waals surface area (Å²) < 4.78 is 0. The van der Waals surface area contributed by atoms with E-state index in [-0.39, 0.29) is 36.6 Å². The average Bonchev–Trinajstić information content (AvgIpc) is 2.96. The van der Waals surface area contributed by atoms with Gasteiger partial charge in [-0.3, -0.25) is 9.59 Å². The second kappa shape index (κ2) is 8.19. The Hall–Kier alpha value is -1.30. The zero-order valence-electron chi connectivity index (χ0n) is 13.7. The molecule has 0 radical (unpaired) electrons. The molecule has 5 nitrogen and oxygen atoms in total. The van der Waals surface area contributed by atoms with Crippen LogP contribution in [0.1, 0.15) is 19.3 Å². The highest BCUT2D eigenvalue weighted by atomic mass is 35.5. The number of nitrogens with zero attached hydrogens (tertiary/aromatic N) is 2. The summed E-state index contributed by atoms with van der Waals surface area (Å²) in [6, 6.07) is 7.77. The molecule has 1 aromatic rings. The number of carbonyl (C=O) groups is 2. The van der Waals surface area contributed by atoms with Crippen LogP contribution in [-0.2, 0) is 9.59 Å². The predicted molar refractivity (Wildman–Crippen MR) is 97.8 cm³/mol. The van der Waals surface area contributed by atoms with Crippen molar-refractivity contribution in [1.82, 2.24) is 10.2 Å². The largest absolute Gasteiger partial charge is 0.342 e. The Balaban J connectivity index is 0.00000208. The Labute approximate surface area is 153 Å². The van der Waals surface area contributed by atoms with Gasteiger partial charge in [-0.1, -0.05) is 23.7 Å². The molecular formula is C17H23Cl2N3O2. The topological polar surface area (TPSA) is 52.7 Å². The van der Waals surface area contributed by atoms with Gasteiger partial charge in [0.25, 0.3) is 0 Å². The molecule has 1 atom stereocenters. The van der Waals surface area contributed by atoms with Crippen molar-refractivity contribution in [2.24, 2.45) is 5.92 Å². The zero-order valence-corrected chi connectivity index (χ0v) is 15.3. The normalized spacial score (nSPS) is 21.8. The predicted octanol–water partition coefficient (Wildman–Crippen LogP) is 2.33. The number of piperidine rings is 1. The molecule has 2 amide bonds. The molecule has 0 spiro atoms. The number of anilines is 1. The Kier molecular flexibility index (Phi) is 6.49. The van der Waals surface area contributed by atoms with E-state index in [9.17, 15) is 9.59 Å². The monoisotopic (exact) mass is 371 g/mol. The lowest BCUT2D eigenvalue weighted by Gasteiger charge is -2.33. The third kappa shape index (κ3) is 3.85. The van der Waals surface area contributed by atoms with Gasteiger partial charge in [0.15, 0.2) is 0 Å². The quantitative estimate of drug-likeness (QED) is 0.886. The number of halogens is 2. The Morgan fingerprint density at radius 2 is 1.92 bits per heavy atom. The fourth-order valence-corrected chi connectivity index (χ4v) is 3.66. The molecule has 2 heterocycles. The lowest BCUT2D eigenvalue weighted by Crippen LogP contribution is -2.46. The average molecular weight is 372 g/mol. The van der Waals surface area contributed by atoms with E-state index in [1.54, 1.807) is 11.0 Å². The van der Waals surface area contributed by atoms with Gasteiger partial charge < -0.3 is 15.1 Å². The molecule has 0 aromatic heterocycles. The van der Waals surface area contributed by atoms with Crippen molar-refractivity contribution in [2.75, 3.05) is 31.6 Å². The first-order valence-electron chi connectivity index (χ1n) is 8.11. The Morgan fingerprint density at radius 3 is 2.54 bits per heavy atom. The van der Waals surface area contributed by atoms with Crippen molar-refractivity contribution in [2.45, 2.75) is 25.3 Å². The van der Waals surface area contributed by atoms with Crippen molar-refractivity contribution in [1.29, 1.82) is 0 Å². The summed E-state index contributed by atoms with van der Waals surface area (Å²) in [7, 11) is 1.96. The van der Waals surface area contributed by atoms with Crippen LogP contribution in [0.2, 0.25) is 5.02 Å². The molecule has 24 heavy (non-hydrogen) atoms. The van der Waals surface area contributed by atoms with Gasteiger partial charge in [0.2, 0.25) is 11.8 Å². The van der Waals surface area contributed by atoms with Crippen LogP contribution in [0.3, 0.4) is 0 Å². The van der Waals surface area contributed by atoms with Crippen LogP contribution >= 0.6 is 24.0 Å². The van der Waals surface area contributed by atoms with Gasteiger partial charge in [0.1, 0.15) is 0 Å². The van der Waals surface area contributed by atoms with E-state index in [4.69, 9.17) is 11.6 Å². The molecule has 2 fully saturated rings. The maximum Gasteiger partial charge on any atom is 0.228 e. The fraction of sp³-hybridized carbons (Fsp3) is 0.529. The molecule has 7 heteroatoms. The third-order valence-corrected chi connectivity index (χ3v) is 5.15. The van der Waals surface area contributed by atoms with Gasteiger partial charge in [0.05, 0.1) is 16.6 Å². The standard InChI is InChI=1S/C17H22ClN3O2.ClH/c1-19-13-6-8-20(9-7-13)17(23)12-10-16(22)21(11-12)15-5-3-2-4-14(15)18;/h2-5,12-13,19H,6-11H2,1H3;1H. The van der Waals surface area contributed by atoms with Crippen LogP contribution in [0.25, 0.3) is 0 Å². The summed E-state index contributed by atoms with van der Waals surface area (Å²) in [5.41, 5.74) is 0.698. The first-order valence-corrected chi connectivity index (χ1v) is 8.49. The van der Waals surface area contributed by atoms with Crippen LogP contribution in [0.5, 0.6) is 0 Å². The number of para-hydroxylation sites is 1. The van der Waals surface area contributed by atoms with E-state index in [0.717, 1.165) is 25.9 Å². The third-order valence-electron chi connectivity index (χ3n) is 4.83. The minimum absolute atomic E-state index is 0. The van der Waals surface area contributed by atoms with Gasteiger partial charge in [-0.25, -0.2) is 0 Å². The van der Waals surface area contributed by atoms with Crippen LogP contribution in [0.4, 0.5) is 5.69 Å². The minimum atomic E-state index is -0.259. The first-order chi connectivity index (χ1) is 11.1. The molecule has 2 saturated heterocycles. The Morgan fingerprint density at radius 1 is 1.25 bits per heavy atom. The lowest BCUT2D eigenvalue weighted by atomic mass is 10.0. The molecule has 0 bridgehead atoms. The number of rotatable bonds is 3. The highest BCUT2D eigenvalue weighted by Gasteiger charge is 2.38. The van der Waals surface area contributed by atoms with Gasteiger partial charge in [-0.15, -0.1) is 12.4 Å². The highest BCUT2D eigenvalue weighted by molar-refractivity contribution is 6.33. The maximum absolute atomic E-state index is 12.7. The number of carbonyl (C=O) groups excluding carboxylic acids is 2. The van der Waals surface area contributed by atoms with Gasteiger partial charge in [-0.05, 0) is 32.0 Å². The van der Waals surface area contributed by atoms with Crippen molar-refractivity contribution < 1.29 is 9.59 Å². The summed E-state index contributed by atoms with van der Waals surface area (Å²) in [4.78, 5) is 28.6. The molecular weight excluding hydrogens is 349 g/mol. The second-order valence-corrected chi connectivity index (χ2v) is 6.65. The SMILES string of the molecule is CNC1CCN(C(=O)C2CC(=O)N(c3ccccc3Cl)C2)CC1.Cl. The summed E-state index contributed by atoms with van der Waals surface area (Å²) in [5, 5.41) is 3.80. The molecule has 1 N–H and O–H groups in total. The van der Waals surface area contributed by atoms with Crippen molar-refractivity contribution >= 4 is 41.5 Å². The summed E-state index contributed by atoms with van der Waals surface area (Å²) >= 11 is 6.18. The first kappa shape index (κ1) is 19.0. The summed E-state index contributed by atoms with van der Waals surface area (Å²) in [5.74, 6) is -0.186. The molecule has 0 aliphatic carbocycles. The second-order valence-electron chi connectivity index (χ2n) is 6.25. The summed E-state index contributed by atoms with van der Waals surface area (Å²) in [6.07, 6.45) is 2.21. The molecule has 1 unspecified atom stereocenters. The minimum Gasteiger partial charge on any atom is -0.342 e. The van der Waals surface area contributed by atoms with Crippen LogP contribution in [-0.4, -0.2) is 49.4 Å². The molecule has 2 aliphatic heterocycles. The smallest absolute Gasteiger partial charge is 0.228 e. The molecule has 0 saturated carbocycles. The van der Waals surface area contributed by atoms with Gasteiger partial charge in [-0.2, -0.15) is 0 Å². The van der Waals surface area contributed by atoms with Gasteiger partial charge in [0, 0.05) is 32.1 Å². The van der Waals surface area contributed by atoms with Crippen molar-refractivity contribution in [3.63, 3.8) is 0 Å². The Bertz CT molecular complexity index is 603. The van der Waals surface area contributed by atoms with E-state index < -0.39 is 0 Å². The number of hydrogen-bond donors (Lipinski definition) is 1. The van der Waals surface area contributed by atoms with E-state index in [0.29, 0.717) is 23.3 Å².